The van der Waals surface area contributed by atoms with E-state index in [-0.39, 0.29) is 17.3 Å². The summed E-state index contributed by atoms with van der Waals surface area (Å²) < 4.78 is 22.2. The van der Waals surface area contributed by atoms with E-state index in [1.54, 1.807) is 44.6 Å². The van der Waals surface area contributed by atoms with Crippen LogP contribution in [0.15, 0.2) is 58.1 Å². The first-order valence-corrected chi connectivity index (χ1v) is 11.8. The molecule has 9 nitrogen and oxygen atoms in total. The first-order valence-electron chi connectivity index (χ1n) is 11.0. The number of carbonyl (C=O) groups excluding carboxylic acids is 1. The van der Waals surface area contributed by atoms with Crippen LogP contribution in [0.2, 0.25) is 0 Å². The van der Waals surface area contributed by atoms with Crippen LogP contribution in [0.1, 0.15) is 19.4 Å². The molecule has 2 aromatic rings. The number of amides is 1. The van der Waals surface area contributed by atoms with Gasteiger partial charge in [0.2, 0.25) is 5.17 Å². The summed E-state index contributed by atoms with van der Waals surface area (Å²) in [4.78, 5) is 16.7. The van der Waals surface area contributed by atoms with Gasteiger partial charge in [-0.25, -0.2) is 0 Å². The molecule has 0 unspecified atom stereocenters. The van der Waals surface area contributed by atoms with E-state index in [1.165, 1.54) is 16.8 Å². The molecule has 1 N–H and O–H groups in total. The van der Waals surface area contributed by atoms with Crippen molar-refractivity contribution in [2.24, 2.45) is 16.0 Å². The van der Waals surface area contributed by atoms with Crippen LogP contribution in [0.5, 0.6) is 23.0 Å². The number of methoxy groups -OCH3 is 2. The second kappa shape index (κ2) is 10.6. The van der Waals surface area contributed by atoms with E-state index in [4.69, 9.17) is 24.4 Å². The van der Waals surface area contributed by atoms with Crippen LogP contribution in [-0.4, -0.2) is 54.4 Å². The molecule has 0 aromatic heterocycles. The molecule has 1 amide bonds. The van der Waals surface area contributed by atoms with E-state index in [2.05, 4.69) is 10.1 Å². The van der Waals surface area contributed by atoms with Gasteiger partial charge in [-0.1, -0.05) is 26.0 Å². The molecule has 0 aliphatic carbocycles. The molecular weight excluding hydrogens is 468 g/mol. The molecule has 2 aromatic carbocycles. The van der Waals surface area contributed by atoms with Gasteiger partial charge in [0.05, 0.1) is 19.8 Å². The third-order valence-corrected chi connectivity index (χ3v) is 6.32. The molecule has 0 spiro atoms. The molecular formula is C25H26N4O5S. The van der Waals surface area contributed by atoms with Gasteiger partial charge >= 0.3 is 0 Å². The fraction of sp³-hybridized carbons (Fsp3) is 0.280. The summed E-state index contributed by atoms with van der Waals surface area (Å²) >= 11 is 1.32. The molecule has 0 saturated heterocycles. The highest BCUT2D eigenvalue weighted by Crippen LogP contribution is 2.32. The molecule has 4 rings (SSSR count). The number of rotatable bonds is 9. The predicted molar refractivity (Wildman–Crippen MR) is 137 cm³/mol. The second-order valence-corrected chi connectivity index (χ2v) is 8.89. The lowest BCUT2D eigenvalue weighted by molar-refractivity contribution is -0.114. The van der Waals surface area contributed by atoms with Crippen molar-refractivity contribution in [3.63, 3.8) is 0 Å². The van der Waals surface area contributed by atoms with Crippen LogP contribution in [0.25, 0.3) is 6.08 Å². The van der Waals surface area contributed by atoms with Gasteiger partial charge in [-0.05, 0) is 47.7 Å². The number of hydrogen-bond donors (Lipinski definition) is 1. The van der Waals surface area contributed by atoms with Gasteiger partial charge < -0.3 is 18.9 Å². The maximum atomic E-state index is 12.6. The van der Waals surface area contributed by atoms with Crippen molar-refractivity contribution in [1.29, 1.82) is 5.41 Å². The van der Waals surface area contributed by atoms with Gasteiger partial charge in [0.15, 0.2) is 17.3 Å². The first-order chi connectivity index (χ1) is 16.9. The summed E-state index contributed by atoms with van der Waals surface area (Å²) in [5.41, 5.74) is 0.832. The molecule has 35 heavy (non-hydrogen) atoms. The molecule has 2 aliphatic rings. The number of amidine groups is 2. The third-order valence-electron chi connectivity index (χ3n) is 5.11. The van der Waals surface area contributed by atoms with E-state index in [0.29, 0.717) is 41.2 Å². The highest BCUT2D eigenvalue weighted by Gasteiger charge is 2.36. The van der Waals surface area contributed by atoms with Crippen LogP contribution in [-0.2, 0) is 4.79 Å². The molecule has 0 fully saturated rings. The normalized spacial score (nSPS) is 16.3. The van der Waals surface area contributed by atoms with Crippen LogP contribution in [0.3, 0.4) is 0 Å². The summed E-state index contributed by atoms with van der Waals surface area (Å²) in [6.07, 6.45) is 1.61. The van der Waals surface area contributed by atoms with Crippen molar-refractivity contribution < 1.29 is 23.7 Å². The summed E-state index contributed by atoms with van der Waals surface area (Å²) in [5.74, 6) is 2.15. The largest absolute Gasteiger partial charge is 0.497 e. The molecule has 2 heterocycles. The highest BCUT2D eigenvalue weighted by atomic mass is 32.2. The van der Waals surface area contributed by atoms with Crippen molar-refractivity contribution >= 4 is 39.8 Å². The minimum absolute atomic E-state index is 0.00265. The van der Waals surface area contributed by atoms with Gasteiger partial charge in [-0.2, -0.15) is 15.1 Å². The lowest BCUT2D eigenvalue weighted by Crippen LogP contribution is -2.35. The molecule has 0 saturated carbocycles. The van der Waals surface area contributed by atoms with Crippen molar-refractivity contribution in [2.45, 2.75) is 13.8 Å². The zero-order chi connectivity index (χ0) is 24.9. The van der Waals surface area contributed by atoms with Crippen LogP contribution < -0.4 is 18.9 Å². The zero-order valence-corrected chi connectivity index (χ0v) is 20.7. The summed E-state index contributed by atoms with van der Waals surface area (Å²) in [6, 6.07) is 12.6. The lowest BCUT2D eigenvalue weighted by Gasteiger charge is -2.20. The van der Waals surface area contributed by atoms with Gasteiger partial charge in [0.1, 0.15) is 29.8 Å². The molecule has 0 atom stereocenters. The Morgan fingerprint density at radius 1 is 1.03 bits per heavy atom. The summed E-state index contributed by atoms with van der Waals surface area (Å²) in [5, 5.41) is 15.6. The monoisotopic (exact) mass is 494 g/mol. The first kappa shape index (κ1) is 24.3. The number of ether oxygens (including phenoxy) is 4. The molecule has 10 heteroatoms. The number of carbonyl (C=O) groups is 1. The van der Waals surface area contributed by atoms with Gasteiger partial charge in [-0.15, -0.1) is 0 Å². The number of nitrogens with one attached hydrogen (secondary N) is 1. The topological polar surface area (TPSA) is 106 Å². The number of thioether (sulfide) groups is 1. The molecule has 0 radical (unpaired) electrons. The molecule has 0 bridgehead atoms. The summed E-state index contributed by atoms with van der Waals surface area (Å²) in [7, 11) is 3.15. The predicted octanol–water partition coefficient (Wildman–Crippen LogP) is 4.44. The van der Waals surface area contributed by atoms with Crippen molar-refractivity contribution in [3.8, 4) is 23.0 Å². The molecule has 2 aliphatic heterocycles. The second-order valence-electron chi connectivity index (χ2n) is 7.90. The maximum Gasteiger partial charge on any atom is 0.283 e. The van der Waals surface area contributed by atoms with E-state index >= 15 is 0 Å². The smallest absolute Gasteiger partial charge is 0.283 e. The number of benzene rings is 2. The zero-order valence-electron chi connectivity index (χ0n) is 19.9. The van der Waals surface area contributed by atoms with Crippen molar-refractivity contribution in [1.82, 2.24) is 5.01 Å². The Morgan fingerprint density at radius 3 is 2.54 bits per heavy atom. The Bertz CT molecular complexity index is 1240. The number of nitrogens with zero attached hydrogens (tertiary/aromatic N) is 3. The van der Waals surface area contributed by atoms with E-state index in [1.807, 2.05) is 32.0 Å². The minimum Gasteiger partial charge on any atom is -0.497 e. The van der Waals surface area contributed by atoms with E-state index in [9.17, 15) is 4.79 Å². The van der Waals surface area contributed by atoms with Crippen molar-refractivity contribution in [3.05, 3.63) is 53.6 Å². The van der Waals surface area contributed by atoms with Gasteiger partial charge in [-0.3, -0.25) is 10.2 Å². The van der Waals surface area contributed by atoms with Crippen LogP contribution in [0, 0.1) is 11.3 Å². The average molecular weight is 495 g/mol. The quantitative estimate of drug-likeness (QED) is 0.406. The van der Waals surface area contributed by atoms with Gasteiger partial charge in [0, 0.05) is 12.0 Å². The fourth-order valence-electron chi connectivity index (χ4n) is 3.30. The van der Waals surface area contributed by atoms with Gasteiger partial charge in [0.25, 0.3) is 5.91 Å². The SMILES string of the molecule is COc1cccc(OCCOc2ccc(C=C3C(=N)N4N=C(C(C)C)SC4=NC3=O)cc2OC)c1. The number of aliphatic imine (C=N–C) groups is 1. The lowest BCUT2D eigenvalue weighted by atomic mass is 10.1. The van der Waals surface area contributed by atoms with Crippen molar-refractivity contribution in [2.75, 3.05) is 27.4 Å². The van der Waals surface area contributed by atoms with E-state index < -0.39 is 5.91 Å². The Balaban J connectivity index is 1.43. The minimum atomic E-state index is -0.469. The Hall–Kier alpha value is -3.79. The fourth-order valence-corrected chi connectivity index (χ4v) is 4.19. The number of hydrogen-bond acceptors (Lipinski definition) is 8. The maximum absolute atomic E-state index is 12.6. The Morgan fingerprint density at radius 2 is 1.80 bits per heavy atom. The number of fused-ring (bicyclic) bond motifs is 1. The highest BCUT2D eigenvalue weighted by molar-refractivity contribution is 8.27. The average Bonchev–Trinajstić information content (AvgIpc) is 3.29. The van der Waals surface area contributed by atoms with Crippen LogP contribution >= 0.6 is 11.8 Å². The van der Waals surface area contributed by atoms with Crippen LogP contribution in [0.4, 0.5) is 0 Å². The third kappa shape index (κ3) is 5.48. The van der Waals surface area contributed by atoms with E-state index in [0.717, 1.165) is 10.8 Å². The summed E-state index contributed by atoms with van der Waals surface area (Å²) in [6.45, 7) is 4.65. The molecule has 182 valence electrons. The Kier molecular flexibility index (Phi) is 7.40. The Labute approximate surface area is 207 Å². The standard InChI is InChI=1S/C25H26N4O5S/c1-15(2)24-28-29-22(26)19(23(30)27-25(29)35-24)12-16-8-9-20(21(13-16)32-4)34-11-10-33-18-7-5-6-17(14-18)31-3/h5-9,12-15,26H,10-11H2,1-4H3. The number of hydrazone groups is 1.